The average molecular weight is 114 g/mol. The highest BCUT2D eigenvalue weighted by Gasteiger charge is 1.81. The van der Waals surface area contributed by atoms with Crippen LogP contribution in [0.25, 0.3) is 0 Å². The molecule has 40 valence electrons. The Balaban J connectivity index is 0. The van der Waals surface area contributed by atoms with Crippen LogP contribution >= 0.6 is 0 Å². The molecule has 0 saturated heterocycles. The summed E-state index contributed by atoms with van der Waals surface area (Å²) < 4.78 is 25.2. The van der Waals surface area contributed by atoms with Gasteiger partial charge in [-0.3, -0.25) is 4.55 Å². The van der Waals surface area contributed by atoms with E-state index in [-0.39, 0.29) is 6.15 Å². The molecule has 0 aromatic carbocycles. The van der Waals surface area contributed by atoms with Crippen molar-refractivity contribution in [2.45, 2.75) is 0 Å². The summed E-state index contributed by atoms with van der Waals surface area (Å²) in [6.07, 6.45) is 0. The monoisotopic (exact) mass is 114 g/mol. The lowest BCUT2D eigenvalue weighted by molar-refractivity contribution is 0.485. The Hall–Kier alpha value is -0.170. The van der Waals surface area contributed by atoms with Crippen LogP contribution in [-0.4, -0.2) is 13.0 Å². The van der Waals surface area contributed by atoms with E-state index in [0.29, 0.717) is 0 Å². The standard InChI is InChI=1S/H3NO3S.H3N/c1-5(2,3)4;/h(H3,1,2,3,4);1H3. The van der Waals surface area contributed by atoms with Gasteiger partial charge in [0.15, 0.2) is 0 Å². The quantitative estimate of drug-likeness (QED) is 0.347. The highest BCUT2D eigenvalue weighted by Crippen LogP contribution is 1.50. The van der Waals surface area contributed by atoms with Crippen molar-refractivity contribution in [2.24, 2.45) is 5.14 Å². The fourth-order valence-corrected chi connectivity index (χ4v) is 0. The minimum Gasteiger partial charge on any atom is -0.344 e. The Kier molecular flexibility index (Phi) is 3.22. The fourth-order valence-electron chi connectivity index (χ4n) is 0. The maximum absolute atomic E-state index is 8.97. The second kappa shape index (κ2) is 2.08. The number of hydrogen-bond donors (Lipinski definition) is 3. The molecule has 0 amide bonds. The van der Waals surface area contributed by atoms with E-state index in [1.165, 1.54) is 0 Å². The molecule has 0 rings (SSSR count). The second-order valence-corrected chi connectivity index (χ2v) is 1.54. The summed E-state index contributed by atoms with van der Waals surface area (Å²) in [5, 5.41) is 3.88. The normalized spacial score (nSPS) is 9.67. The van der Waals surface area contributed by atoms with Gasteiger partial charge in [0.25, 0.3) is 0 Å². The smallest absolute Gasteiger partial charge is 0.330 e. The van der Waals surface area contributed by atoms with Crippen LogP contribution in [0.1, 0.15) is 0 Å². The lowest BCUT2D eigenvalue weighted by atomic mass is 13.9. The molecule has 0 aromatic rings. The fraction of sp³-hybridized carbons (Fsp3) is 0. The first-order valence-electron chi connectivity index (χ1n) is 0.752. The van der Waals surface area contributed by atoms with Crippen LogP contribution < -0.4 is 11.3 Å². The molecule has 0 aliphatic carbocycles. The number of hydrogen-bond acceptors (Lipinski definition) is 3. The van der Waals surface area contributed by atoms with Gasteiger partial charge in [-0.05, 0) is 0 Å². The van der Waals surface area contributed by atoms with Crippen LogP contribution in [-0.2, 0) is 10.3 Å². The summed E-state index contributed by atoms with van der Waals surface area (Å²) in [6, 6.07) is 0. The van der Waals surface area contributed by atoms with E-state index in [0.717, 1.165) is 0 Å². The van der Waals surface area contributed by atoms with E-state index in [9.17, 15) is 0 Å². The molecule has 0 spiro atoms. The van der Waals surface area contributed by atoms with Gasteiger partial charge >= 0.3 is 10.3 Å². The van der Waals surface area contributed by atoms with E-state index >= 15 is 0 Å². The zero-order chi connectivity index (χ0) is 4.50. The van der Waals surface area contributed by atoms with Crippen LogP contribution in [0.2, 0.25) is 0 Å². The van der Waals surface area contributed by atoms with Crippen molar-refractivity contribution >= 4 is 10.3 Å². The Morgan fingerprint density at radius 2 is 1.50 bits per heavy atom. The van der Waals surface area contributed by atoms with Gasteiger partial charge in [0.2, 0.25) is 0 Å². The van der Waals surface area contributed by atoms with E-state index in [1.54, 1.807) is 0 Å². The third kappa shape index (κ3) is 1060. The van der Waals surface area contributed by atoms with Crippen molar-refractivity contribution in [3.8, 4) is 0 Å². The summed E-state index contributed by atoms with van der Waals surface area (Å²) in [7, 11) is -4.17. The lowest BCUT2D eigenvalue weighted by Gasteiger charge is -1.70. The van der Waals surface area contributed by atoms with Crippen molar-refractivity contribution in [3.63, 3.8) is 0 Å². The van der Waals surface area contributed by atoms with E-state index in [4.69, 9.17) is 13.0 Å². The molecule has 0 aliphatic heterocycles. The van der Waals surface area contributed by atoms with E-state index < -0.39 is 10.3 Å². The number of rotatable bonds is 0. The molecule has 6 heteroatoms. The van der Waals surface area contributed by atoms with Crippen molar-refractivity contribution in [3.05, 3.63) is 0 Å². The Bertz CT molecular complexity index is 92.0. The number of nitrogens with two attached hydrogens (primary N) is 1. The maximum Gasteiger partial charge on any atom is 0.330 e. The van der Waals surface area contributed by atoms with Gasteiger partial charge in [-0.2, -0.15) is 8.42 Å². The lowest BCUT2D eigenvalue weighted by Crippen LogP contribution is -2.08. The Labute approximate surface area is 35.6 Å². The predicted molar refractivity (Wildman–Crippen MR) is 20.8 cm³/mol. The molecule has 0 bridgehead atoms. The van der Waals surface area contributed by atoms with Crippen LogP contribution in [0.5, 0.6) is 0 Å². The van der Waals surface area contributed by atoms with Crippen LogP contribution in [0.4, 0.5) is 0 Å². The van der Waals surface area contributed by atoms with Crippen molar-refractivity contribution < 1.29 is 13.0 Å². The molecule has 0 radical (unpaired) electrons. The molecule has 0 saturated carbocycles. The average Bonchev–Trinajstić information content (AvgIpc) is 0.722. The second-order valence-electron chi connectivity index (χ2n) is 0.515. The predicted octanol–water partition coefficient (Wildman–Crippen LogP) is -1.09. The molecule has 0 heterocycles. The molecular formula is H6N2O3S. The molecule has 6 heavy (non-hydrogen) atoms. The van der Waals surface area contributed by atoms with Crippen LogP contribution in [0.3, 0.4) is 0 Å². The summed E-state index contributed by atoms with van der Waals surface area (Å²) in [4.78, 5) is 0. The molecule has 5 nitrogen and oxygen atoms in total. The van der Waals surface area contributed by atoms with Gasteiger partial charge in [0.1, 0.15) is 0 Å². The van der Waals surface area contributed by atoms with Gasteiger partial charge in [-0.25, -0.2) is 5.14 Å². The first kappa shape index (κ1) is 9.27. The maximum atomic E-state index is 8.97. The summed E-state index contributed by atoms with van der Waals surface area (Å²) in [5.74, 6) is 0. The molecule has 0 unspecified atom stereocenters. The highest BCUT2D eigenvalue weighted by atomic mass is 32.2. The zero-order valence-corrected chi connectivity index (χ0v) is 3.77. The largest absolute Gasteiger partial charge is 0.344 e. The van der Waals surface area contributed by atoms with Gasteiger partial charge in [0.05, 0.1) is 0 Å². The third-order valence-corrected chi connectivity index (χ3v) is 0. The van der Waals surface area contributed by atoms with Gasteiger partial charge in [0, 0.05) is 0 Å². The topological polar surface area (TPSA) is 115 Å². The Morgan fingerprint density at radius 3 is 1.50 bits per heavy atom. The molecule has 0 aliphatic rings. The minimum absolute atomic E-state index is 0. The first-order chi connectivity index (χ1) is 2.00. The van der Waals surface area contributed by atoms with Crippen LogP contribution in [0, 0.1) is 0 Å². The minimum atomic E-state index is -4.17. The summed E-state index contributed by atoms with van der Waals surface area (Å²) in [6.45, 7) is 0. The zero-order valence-electron chi connectivity index (χ0n) is 2.96. The summed E-state index contributed by atoms with van der Waals surface area (Å²) >= 11 is 0. The van der Waals surface area contributed by atoms with Crippen molar-refractivity contribution in [1.29, 1.82) is 0 Å². The highest BCUT2D eigenvalue weighted by molar-refractivity contribution is 7.83. The van der Waals surface area contributed by atoms with E-state index in [2.05, 4.69) is 5.14 Å². The molecule has 0 aromatic heterocycles. The van der Waals surface area contributed by atoms with Gasteiger partial charge in [-0.1, -0.05) is 0 Å². The third-order valence-electron chi connectivity index (χ3n) is 0. The molecule has 6 N–H and O–H groups in total. The molecule has 0 atom stereocenters. The SMILES string of the molecule is N.NS(=O)(=O)O. The molecular weight excluding hydrogens is 108 g/mol. The first-order valence-corrected chi connectivity index (χ1v) is 2.25. The molecule has 0 fully saturated rings. The van der Waals surface area contributed by atoms with Crippen molar-refractivity contribution in [1.82, 2.24) is 6.15 Å². The van der Waals surface area contributed by atoms with Crippen LogP contribution in [0.15, 0.2) is 0 Å². The van der Waals surface area contributed by atoms with E-state index in [1.807, 2.05) is 0 Å². The Morgan fingerprint density at radius 1 is 1.50 bits per heavy atom. The summed E-state index contributed by atoms with van der Waals surface area (Å²) in [5.41, 5.74) is 0. The van der Waals surface area contributed by atoms with Gasteiger partial charge < -0.3 is 6.15 Å². The van der Waals surface area contributed by atoms with Crippen molar-refractivity contribution in [2.75, 3.05) is 0 Å². The van der Waals surface area contributed by atoms with Gasteiger partial charge in [-0.15, -0.1) is 0 Å².